The molecule has 0 unspecified atom stereocenters. The summed E-state index contributed by atoms with van der Waals surface area (Å²) in [5.74, 6) is 0.521. The van der Waals surface area contributed by atoms with Crippen molar-refractivity contribution in [3.8, 4) is 17.1 Å². The van der Waals surface area contributed by atoms with Crippen LogP contribution in [0.5, 0.6) is 5.75 Å². The first-order valence-electron chi connectivity index (χ1n) is 10.3. The zero-order valence-electron chi connectivity index (χ0n) is 17.3. The van der Waals surface area contributed by atoms with E-state index in [0.717, 1.165) is 29.6 Å². The molecule has 3 aromatic rings. The lowest BCUT2D eigenvalue weighted by atomic mass is 10.1. The van der Waals surface area contributed by atoms with Gasteiger partial charge in [-0.05, 0) is 44.0 Å². The van der Waals surface area contributed by atoms with Crippen LogP contribution < -0.4 is 16.0 Å². The third-order valence-electron chi connectivity index (χ3n) is 6.03. The highest BCUT2D eigenvalue weighted by Crippen LogP contribution is 2.40. The van der Waals surface area contributed by atoms with Gasteiger partial charge in [-0.3, -0.25) is 4.99 Å². The van der Waals surface area contributed by atoms with Crippen LogP contribution in [0.1, 0.15) is 25.3 Å². The molecule has 2 fully saturated rings. The van der Waals surface area contributed by atoms with Gasteiger partial charge in [-0.1, -0.05) is 0 Å². The highest BCUT2D eigenvalue weighted by molar-refractivity contribution is 5.91. The summed E-state index contributed by atoms with van der Waals surface area (Å²) in [5.41, 5.74) is 10.0. The first kappa shape index (κ1) is 18.8. The van der Waals surface area contributed by atoms with Crippen LogP contribution in [0.4, 0.5) is 11.4 Å². The average Bonchev–Trinajstić information content (AvgIpc) is 3.46. The average molecular weight is 403 g/mol. The fourth-order valence-electron chi connectivity index (χ4n) is 4.42. The minimum Gasteiger partial charge on any atom is -0.507 e. The van der Waals surface area contributed by atoms with Crippen molar-refractivity contribution >= 4 is 28.5 Å². The Labute approximate surface area is 175 Å². The normalized spacial score (nSPS) is 20.3. The van der Waals surface area contributed by atoms with E-state index >= 15 is 0 Å². The lowest BCUT2D eigenvalue weighted by molar-refractivity contribution is 0.372. The molecule has 30 heavy (non-hydrogen) atoms. The number of nitrogens with zero attached hydrogens (tertiary/aromatic N) is 4. The molecule has 1 spiro atoms. The molecule has 7 heteroatoms. The molecule has 2 aromatic carbocycles. The van der Waals surface area contributed by atoms with Gasteiger partial charge in [-0.25, -0.2) is 9.97 Å². The standard InChI is InChI=1S/C23H26N6O/c1-14-12-29(13-23(28-14)5-6-23)17-3-4-20-16(7-17)11-26-22(27-20)18-8-15(10-25-2)19(24)9-21(18)30/h3-4,7-11,14,28,30H,5-6,12-13,24H2,1-2H3/t14-/m0/s1. The predicted octanol–water partition coefficient (Wildman–Crippen LogP) is 2.96. The second kappa shape index (κ2) is 6.95. The Morgan fingerprint density at radius 1 is 1.30 bits per heavy atom. The molecular weight excluding hydrogens is 376 g/mol. The lowest BCUT2D eigenvalue weighted by Crippen LogP contribution is -2.57. The number of aliphatic imine (C=N–C) groups is 1. The largest absolute Gasteiger partial charge is 0.507 e. The minimum atomic E-state index is 0.0567. The molecule has 2 aliphatic rings. The number of anilines is 2. The number of piperazine rings is 1. The summed E-state index contributed by atoms with van der Waals surface area (Å²) < 4.78 is 0. The number of phenols is 1. The van der Waals surface area contributed by atoms with Crippen LogP contribution >= 0.6 is 0 Å². The van der Waals surface area contributed by atoms with E-state index in [1.165, 1.54) is 24.6 Å². The number of rotatable bonds is 3. The first-order chi connectivity index (χ1) is 14.5. The topological polar surface area (TPSA) is 99.7 Å². The van der Waals surface area contributed by atoms with Gasteiger partial charge < -0.3 is 21.1 Å². The Morgan fingerprint density at radius 3 is 2.90 bits per heavy atom. The Kier molecular flexibility index (Phi) is 4.36. The molecule has 0 bridgehead atoms. The SMILES string of the molecule is CN=Cc1cc(-c2ncc3cc(N4C[C@H](C)NC5(CC5)C4)ccc3n2)c(O)cc1N. The van der Waals surface area contributed by atoms with Gasteiger partial charge in [0, 0.05) is 72.5 Å². The number of hydrogen-bond donors (Lipinski definition) is 3. The lowest BCUT2D eigenvalue weighted by Gasteiger charge is -2.39. The number of fused-ring (bicyclic) bond motifs is 1. The number of aromatic hydroxyl groups is 1. The van der Waals surface area contributed by atoms with Crippen LogP contribution in [-0.2, 0) is 0 Å². The second-order valence-corrected chi connectivity index (χ2v) is 8.53. The molecular formula is C23H26N6O. The maximum absolute atomic E-state index is 10.4. The van der Waals surface area contributed by atoms with E-state index in [1.54, 1.807) is 19.3 Å². The van der Waals surface area contributed by atoms with Gasteiger partial charge in [0.15, 0.2) is 5.82 Å². The van der Waals surface area contributed by atoms with Gasteiger partial charge in [0.1, 0.15) is 5.75 Å². The minimum absolute atomic E-state index is 0.0567. The van der Waals surface area contributed by atoms with Crippen LogP contribution in [0.2, 0.25) is 0 Å². The number of nitrogen functional groups attached to an aromatic ring is 1. The van der Waals surface area contributed by atoms with Crippen LogP contribution in [0.3, 0.4) is 0 Å². The molecule has 5 rings (SSSR count). The van der Waals surface area contributed by atoms with Crippen molar-refractivity contribution in [2.75, 3.05) is 30.8 Å². The third kappa shape index (κ3) is 3.35. The summed E-state index contributed by atoms with van der Waals surface area (Å²) in [5, 5.41) is 15.1. The zero-order valence-corrected chi connectivity index (χ0v) is 17.3. The highest BCUT2D eigenvalue weighted by Gasteiger charge is 2.47. The molecule has 1 saturated carbocycles. The fraction of sp³-hybridized carbons (Fsp3) is 0.348. The molecule has 0 radical (unpaired) electrons. The van der Waals surface area contributed by atoms with Gasteiger partial charge in [0.25, 0.3) is 0 Å². The smallest absolute Gasteiger partial charge is 0.163 e. The number of benzene rings is 2. The highest BCUT2D eigenvalue weighted by atomic mass is 16.3. The summed E-state index contributed by atoms with van der Waals surface area (Å²) in [6.45, 7) is 4.29. The predicted molar refractivity (Wildman–Crippen MR) is 121 cm³/mol. The van der Waals surface area contributed by atoms with Gasteiger partial charge in [-0.2, -0.15) is 0 Å². The summed E-state index contributed by atoms with van der Waals surface area (Å²) >= 11 is 0. The number of nitrogens with two attached hydrogens (primary N) is 1. The van der Waals surface area contributed by atoms with Crippen molar-refractivity contribution in [2.45, 2.75) is 31.3 Å². The maximum Gasteiger partial charge on any atom is 0.163 e. The summed E-state index contributed by atoms with van der Waals surface area (Å²) in [6.07, 6.45) is 5.99. The van der Waals surface area contributed by atoms with E-state index in [2.05, 4.69) is 39.2 Å². The van der Waals surface area contributed by atoms with Crippen LogP contribution in [0.25, 0.3) is 22.3 Å². The molecule has 4 N–H and O–H groups in total. The second-order valence-electron chi connectivity index (χ2n) is 8.53. The maximum atomic E-state index is 10.4. The quantitative estimate of drug-likeness (QED) is 0.460. The van der Waals surface area contributed by atoms with Crippen molar-refractivity contribution in [2.24, 2.45) is 4.99 Å². The number of nitrogens with one attached hydrogen (secondary N) is 1. The van der Waals surface area contributed by atoms with Crippen molar-refractivity contribution in [3.05, 3.63) is 42.1 Å². The van der Waals surface area contributed by atoms with Crippen LogP contribution in [-0.4, -0.2) is 53.0 Å². The third-order valence-corrected chi connectivity index (χ3v) is 6.03. The van der Waals surface area contributed by atoms with Crippen molar-refractivity contribution < 1.29 is 5.11 Å². The Morgan fingerprint density at radius 2 is 2.13 bits per heavy atom. The van der Waals surface area contributed by atoms with Gasteiger partial charge in [0.2, 0.25) is 0 Å². The van der Waals surface area contributed by atoms with E-state index in [0.29, 0.717) is 28.7 Å². The molecule has 1 aromatic heterocycles. The number of aromatic nitrogens is 2. The Balaban J connectivity index is 1.49. The molecule has 1 atom stereocenters. The molecule has 7 nitrogen and oxygen atoms in total. The molecule has 2 heterocycles. The Hall–Kier alpha value is -3.19. The molecule has 0 amide bonds. The van der Waals surface area contributed by atoms with Crippen LogP contribution in [0, 0.1) is 0 Å². The molecule has 1 aliphatic heterocycles. The molecule has 1 saturated heterocycles. The number of hydrogen-bond acceptors (Lipinski definition) is 7. The number of phenolic OH excluding ortho intramolecular Hbond substituents is 1. The fourth-order valence-corrected chi connectivity index (χ4v) is 4.42. The molecule has 1 aliphatic carbocycles. The van der Waals surface area contributed by atoms with Crippen molar-refractivity contribution in [1.29, 1.82) is 0 Å². The van der Waals surface area contributed by atoms with E-state index in [4.69, 9.17) is 10.7 Å². The van der Waals surface area contributed by atoms with Crippen molar-refractivity contribution in [1.82, 2.24) is 15.3 Å². The first-order valence-corrected chi connectivity index (χ1v) is 10.3. The molecule has 154 valence electrons. The van der Waals surface area contributed by atoms with Gasteiger partial charge in [0.05, 0.1) is 11.1 Å². The van der Waals surface area contributed by atoms with E-state index in [9.17, 15) is 5.11 Å². The summed E-state index contributed by atoms with van der Waals surface area (Å²) in [4.78, 5) is 15.7. The van der Waals surface area contributed by atoms with E-state index < -0.39 is 0 Å². The van der Waals surface area contributed by atoms with Crippen LogP contribution in [0.15, 0.2) is 41.5 Å². The van der Waals surface area contributed by atoms with E-state index in [-0.39, 0.29) is 5.75 Å². The Bertz CT molecular complexity index is 1150. The summed E-state index contributed by atoms with van der Waals surface area (Å²) in [6, 6.07) is 10.1. The summed E-state index contributed by atoms with van der Waals surface area (Å²) in [7, 11) is 1.68. The van der Waals surface area contributed by atoms with Gasteiger partial charge >= 0.3 is 0 Å². The van der Waals surface area contributed by atoms with Gasteiger partial charge in [-0.15, -0.1) is 0 Å². The van der Waals surface area contributed by atoms with Crippen molar-refractivity contribution in [3.63, 3.8) is 0 Å². The van der Waals surface area contributed by atoms with E-state index in [1.807, 2.05) is 12.3 Å². The zero-order chi connectivity index (χ0) is 20.9. The monoisotopic (exact) mass is 402 g/mol.